The fourth-order valence-corrected chi connectivity index (χ4v) is 4.61. The minimum Gasteiger partial charge on any atom is -0.383 e. The van der Waals surface area contributed by atoms with E-state index in [1.54, 1.807) is 11.4 Å². The second-order valence-corrected chi connectivity index (χ2v) is 7.37. The van der Waals surface area contributed by atoms with Crippen LogP contribution in [0.1, 0.15) is 32.1 Å². The predicted octanol–water partition coefficient (Wildman–Crippen LogP) is 0.569. The van der Waals surface area contributed by atoms with Crippen LogP contribution >= 0.6 is 0 Å². The molecular weight excluding hydrogens is 252 g/mol. The van der Waals surface area contributed by atoms with Crippen LogP contribution in [0.4, 0.5) is 0 Å². The second kappa shape index (κ2) is 6.32. The van der Waals surface area contributed by atoms with Gasteiger partial charge in [-0.15, -0.1) is 0 Å². The molecule has 0 aromatic rings. The highest BCUT2D eigenvalue weighted by Gasteiger charge is 2.43. The van der Waals surface area contributed by atoms with Crippen molar-refractivity contribution in [3.8, 4) is 0 Å². The summed E-state index contributed by atoms with van der Waals surface area (Å²) >= 11 is 0. The van der Waals surface area contributed by atoms with E-state index in [1.165, 1.54) is 0 Å². The normalized spacial score (nSPS) is 26.4. The Balaban J connectivity index is 1.89. The Morgan fingerprint density at radius 1 is 1.28 bits per heavy atom. The van der Waals surface area contributed by atoms with Crippen molar-refractivity contribution in [2.45, 2.75) is 43.4 Å². The Hall–Kier alpha value is -0.170. The van der Waals surface area contributed by atoms with E-state index in [9.17, 15) is 8.42 Å². The number of nitrogens with one attached hydrogen (secondary N) is 1. The molecule has 0 aromatic carbocycles. The fourth-order valence-electron chi connectivity index (χ4n) is 2.51. The summed E-state index contributed by atoms with van der Waals surface area (Å²) in [6.45, 7) is 2.90. The molecule has 0 amide bonds. The first kappa shape index (κ1) is 14.2. The molecule has 1 N–H and O–H groups in total. The van der Waals surface area contributed by atoms with Crippen molar-refractivity contribution < 1.29 is 13.2 Å². The molecule has 0 bridgehead atoms. The van der Waals surface area contributed by atoms with Crippen LogP contribution in [0.2, 0.25) is 0 Å². The van der Waals surface area contributed by atoms with Crippen molar-refractivity contribution in [3.05, 3.63) is 0 Å². The third-order valence-corrected chi connectivity index (χ3v) is 6.16. The molecule has 0 radical (unpaired) electrons. The van der Waals surface area contributed by atoms with Gasteiger partial charge >= 0.3 is 0 Å². The van der Waals surface area contributed by atoms with Gasteiger partial charge in [0.05, 0.1) is 11.9 Å². The van der Waals surface area contributed by atoms with Crippen molar-refractivity contribution in [2.24, 2.45) is 0 Å². The Morgan fingerprint density at radius 2 is 2.06 bits per heavy atom. The summed E-state index contributed by atoms with van der Waals surface area (Å²) in [4.78, 5) is 0. The highest BCUT2D eigenvalue weighted by atomic mass is 32.2. The molecule has 18 heavy (non-hydrogen) atoms. The van der Waals surface area contributed by atoms with Crippen molar-refractivity contribution in [1.29, 1.82) is 0 Å². The largest absolute Gasteiger partial charge is 0.383 e. The topological polar surface area (TPSA) is 58.6 Å². The smallest absolute Gasteiger partial charge is 0.217 e. The average molecular weight is 276 g/mol. The summed E-state index contributed by atoms with van der Waals surface area (Å²) in [5.41, 5.74) is 0. The standard InChI is InChI=1S/C12H24N2O3S/c1-17-9-7-13-10-11-4-2-3-8-14(11)18(15,16)12-5-6-12/h11-13H,2-10H2,1H3. The van der Waals surface area contributed by atoms with Gasteiger partial charge in [-0.2, -0.15) is 4.31 Å². The molecule has 1 saturated carbocycles. The van der Waals surface area contributed by atoms with Crippen molar-refractivity contribution >= 4 is 10.0 Å². The van der Waals surface area contributed by atoms with Crippen molar-refractivity contribution in [1.82, 2.24) is 9.62 Å². The number of piperidine rings is 1. The maximum atomic E-state index is 12.3. The van der Waals surface area contributed by atoms with Crippen LogP contribution in [-0.4, -0.2) is 57.4 Å². The molecule has 6 heteroatoms. The molecule has 1 heterocycles. The SMILES string of the molecule is COCCNCC1CCCCN1S(=O)(=O)C1CC1. The van der Waals surface area contributed by atoms with E-state index in [4.69, 9.17) is 4.74 Å². The lowest BCUT2D eigenvalue weighted by Gasteiger charge is -2.35. The van der Waals surface area contributed by atoms with Gasteiger partial charge in [-0.3, -0.25) is 0 Å². The fraction of sp³-hybridized carbons (Fsp3) is 1.00. The molecule has 2 rings (SSSR count). The highest BCUT2D eigenvalue weighted by molar-refractivity contribution is 7.90. The minimum absolute atomic E-state index is 0.0860. The Bertz CT molecular complexity index is 354. The van der Waals surface area contributed by atoms with E-state index in [0.29, 0.717) is 13.2 Å². The predicted molar refractivity (Wildman–Crippen MR) is 71.0 cm³/mol. The Morgan fingerprint density at radius 3 is 2.72 bits per heavy atom. The van der Waals surface area contributed by atoms with Gasteiger partial charge in [-0.05, 0) is 25.7 Å². The van der Waals surface area contributed by atoms with E-state index in [1.807, 2.05) is 0 Å². The monoisotopic (exact) mass is 276 g/mol. The van der Waals surface area contributed by atoms with Gasteiger partial charge in [-0.1, -0.05) is 6.42 Å². The number of nitrogens with zero attached hydrogens (tertiary/aromatic N) is 1. The number of hydrogen-bond acceptors (Lipinski definition) is 4. The second-order valence-electron chi connectivity index (χ2n) is 5.20. The van der Waals surface area contributed by atoms with E-state index in [0.717, 1.165) is 45.2 Å². The number of sulfonamides is 1. The number of rotatable bonds is 7. The minimum atomic E-state index is -3.02. The van der Waals surface area contributed by atoms with Crippen LogP contribution in [0.5, 0.6) is 0 Å². The van der Waals surface area contributed by atoms with E-state index < -0.39 is 10.0 Å². The lowest BCUT2D eigenvalue weighted by atomic mass is 10.1. The third kappa shape index (κ3) is 3.44. The summed E-state index contributed by atoms with van der Waals surface area (Å²) in [5.74, 6) is 0. The Labute approximate surface area is 110 Å². The summed E-state index contributed by atoms with van der Waals surface area (Å²) in [6, 6.07) is 0.140. The molecule has 2 fully saturated rings. The highest BCUT2D eigenvalue weighted by Crippen LogP contribution is 2.34. The number of methoxy groups -OCH3 is 1. The molecule has 1 unspecified atom stereocenters. The van der Waals surface area contributed by atoms with Crippen LogP contribution in [0.3, 0.4) is 0 Å². The van der Waals surface area contributed by atoms with Crippen molar-refractivity contribution in [2.75, 3.05) is 33.4 Å². The van der Waals surface area contributed by atoms with Gasteiger partial charge in [0, 0.05) is 32.8 Å². The van der Waals surface area contributed by atoms with Gasteiger partial charge in [0.2, 0.25) is 10.0 Å². The molecule has 1 atom stereocenters. The maximum Gasteiger partial charge on any atom is 0.217 e. The lowest BCUT2D eigenvalue weighted by molar-refractivity contribution is 0.191. The molecule has 0 aromatic heterocycles. The summed E-state index contributed by atoms with van der Waals surface area (Å²) in [6.07, 6.45) is 4.81. The van der Waals surface area contributed by atoms with Gasteiger partial charge in [0.15, 0.2) is 0 Å². The molecule has 2 aliphatic rings. The molecule has 106 valence electrons. The van der Waals surface area contributed by atoms with Crippen LogP contribution in [-0.2, 0) is 14.8 Å². The first-order valence-electron chi connectivity index (χ1n) is 6.86. The first-order chi connectivity index (χ1) is 8.66. The van der Waals surface area contributed by atoms with E-state index in [-0.39, 0.29) is 11.3 Å². The Kier molecular flexibility index (Phi) is 5.00. The summed E-state index contributed by atoms with van der Waals surface area (Å²) in [5, 5.41) is 3.20. The zero-order chi connectivity index (χ0) is 13.0. The van der Waals surface area contributed by atoms with Crippen LogP contribution < -0.4 is 5.32 Å². The molecule has 1 saturated heterocycles. The van der Waals surface area contributed by atoms with Gasteiger partial charge < -0.3 is 10.1 Å². The molecular formula is C12H24N2O3S. The zero-order valence-electron chi connectivity index (χ0n) is 11.1. The van der Waals surface area contributed by atoms with Gasteiger partial charge in [-0.25, -0.2) is 8.42 Å². The van der Waals surface area contributed by atoms with Crippen LogP contribution in [0.15, 0.2) is 0 Å². The van der Waals surface area contributed by atoms with Crippen LogP contribution in [0.25, 0.3) is 0 Å². The first-order valence-corrected chi connectivity index (χ1v) is 8.37. The maximum absolute atomic E-state index is 12.3. The third-order valence-electron chi connectivity index (χ3n) is 3.71. The summed E-state index contributed by atoms with van der Waals surface area (Å²) in [7, 11) is -1.35. The average Bonchev–Trinajstić information content (AvgIpc) is 3.19. The molecule has 1 aliphatic carbocycles. The molecule has 1 aliphatic heterocycles. The van der Waals surface area contributed by atoms with Gasteiger partial charge in [0.25, 0.3) is 0 Å². The summed E-state index contributed by atoms with van der Waals surface area (Å²) < 4.78 is 31.4. The lowest BCUT2D eigenvalue weighted by Crippen LogP contribution is -2.49. The molecule has 0 spiro atoms. The number of hydrogen-bond donors (Lipinski definition) is 1. The van der Waals surface area contributed by atoms with Crippen molar-refractivity contribution in [3.63, 3.8) is 0 Å². The quantitative estimate of drug-likeness (QED) is 0.691. The number of ether oxygens (including phenoxy) is 1. The molecule has 5 nitrogen and oxygen atoms in total. The zero-order valence-corrected chi connectivity index (χ0v) is 11.9. The van der Waals surface area contributed by atoms with Gasteiger partial charge in [0.1, 0.15) is 0 Å². The van der Waals surface area contributed by atoms with E-state index >= 15 is 0 Å². The van der Waals surface area contributed by atoms with Crippen LogP contribution in [0, 0.1) is 0 Å². The van der Waals surface area contributed by atoms with E-state index in [2.05, 4.69) is 5.32 Å².